The first-order valence-electron chi connectivity index (χ1n) is 4.23. The molecule has 0 unspecified atom stereocenters. The van der Waals surface area contributed by atoms with E-state index in [-0.39, 0.29) is 12.3 Å². The number of phenolic OH excluding ortho intramolecular Hbond substituents is 1. The molecule has 0 saturated carbocycles. The van der Waals surface area contributed by atoms with Crippen molar-refractivity contribution in [3.8, 4) is 5.75 Å². The van der Waals surface area contributed by atoms with Crippen LogP contribution in [0.25, 0.3) is 16.5 Å². The highest BCUT2D eigenvalue weighted by Crippen LogP contribution is 2.16. The Labute approximate surface area is 86.3 Å². The number of rotatable bonds is 4. The van der Waals surface area contributed by atoms with Crippen molar-refractivity contribution in [1.82, 2.24) is 0 Å². The minimum absolute atomic E-state index is 0.0456. The van der Waals surface area contributed by atoms with Crippen LogP contribution in [-0.2, 0) is 0 Å². The van der Waals surface area contributed by atoms with Crippen molar-refractivity contribution in [3.63, 3.8) is 0 Å². The molecule has 0 radical (unpaired) electrons. The topological polar surface area (TPSA) is 86.1 Å². The molecule has 0 bridgehead atoms. The van der Waals surface area contributed by atoms with Crippen molar-refractivity contribution in [1.29, 1.82) is 0 Å². The molecule has 0 saturated heterocycles. The average molecular weight is 203 g/mol. The first kappa shape index (κ1) is 10.8. The second-order valence-corrected chi connectivity index (χ2v) is 2.75. The van der Waals surface area contributed by atoms with Gasteiger partial charge in [-0.2, -0.15) is 0 Å². The molecule has 0 heterocycles. The Hall–Kier alpha value is -2.26. The number of azide groups is 1. The molecule has 1 rings (SSSR count). The number of benzene rings is 1. The van der Waals surface area contributed by atoms with E-state index in [4.69, 9.17) is 10.6 Å². The van der Waals surface area contributed by atoms with Crippen molar-refractivity contribution in [2.75, 3.05) is 6.54 Å². The maximum atomic E-state index is 10.6. The zero-order valence-corrected chi connectivity index (χ0v) is 7.87. The Kier molecular flexibility index (Phi) is 3.94. The second kappa shape index (κ2) is 5.47. The fourth-order valence-corrected chi connectivity index (χ4v) is 1.08. The van der Waals surface area contributed by atoms with Gasteiger partial charge in [-0.15, -0.1) is 0 Å². The summed E-state index contributed by atoms with van der Waals surface area (Å²) < 4.78 is 0. The van der Waals surface area contributed by atoms with E-state index in [1.165, 1.54) is 12.1 Å². The van der Waals surface area contributed by atoms with Gasteiger partial charge in [-0.25, -0.2) is 0 Å². The molecule has 1 N–H and O–H groups in total. The van der Waals surface area contributed by atoms with E-state index in [1.54, 1.807) is 18.2 Å². The van der Waals surface area contributed by atoms with Gasteiger partial charge in [-0.3, -0.25) is 4.79 Å². The Bertz CT molecular complexity index is 434. The van der Waals surface area contributed by atoms with Crippen LogP contribution in [0.15, 0.2) is 29.4 Å². The van der Waals surface area contributed by atoms with Crippen molar-refractivity contribution in [2.45, 2.75) is 0 Å². The SMILES string of the molecule is [N-]=[N+]=NCC=Cc1ccc(O)cc1C=O. The van der Waals surface area contributed by atoms with E-state index >= 15 is 0 Å². The quantitative estimate of drug-likeness (QED) is 0.353. The molecule has 0 atom stereocenters. The summed E-state index contributed by atoms with van der Waals surface area (Å²) >= 11 is 0. The lowest BCUT2D eigenvalue weighted by Crippen LogP contribution is -1.85. The molecule has 1 aromatic rings. The third-order valence-corrected chi connectivity index (χ3v) is 1.75. The van der Waals surface area contributed by atoms with E-state index in [2.05, 4.69) is 10.0 Å². The molecule has 5 nitrogen and oxygen atoms in total. The van der Waals surface area contributed by atoms with Crippen LogP contribution in [0.2, 0.25) is 0 Å². The highest BCUT2D eigenvalue weighted by Gasteiger charge is 1.98. The molecule has 0 aliphatic heterocycles. The van der Waals surface area contributed by atoms with Crippen LogP contribution in [0.3, 0.4) is 0 Å². The zero-order chi connectivity index (χ0) is 11.1. The number of carbonyl (C=O) groups is 1. The van der Waals surface area contributed by atoms with E-state index < -0.39 is 0 Å². The summed E-state index contributed by atoms with van der Waals surface area (Å²) in [6, 6.07) is 4.48. The lowest BCUT2D eigenvalue weighted by molar-refractivity contribution is 0.112. The van der Waals surface area contributed by atoms with Crippen molar-refractivity contribution in [3.05, 3.63) is 45.8 Å². The molecule has 15 heavy (non-hydrogen) atoms. The Balaban J connectivity index is 2.89. The predicted molar refractivity (Wildman–Crippen MR) is 56.5 cm³/mol. The smallest absolute Gasteiger partial charge is 0.150 e. The number of aromatic hydroxyl groups is 1. The number of carbonyl (C=O) groups excluding carboxylic acids is 1. The summed E-state index contributed by atoms with van der Waals surface area (Å²) in [5.41, 5.74) is 9.11. The summed E-state index contributed by atoms with van der Waals surface area (Å²) in [7, 11) is 0. The minimum Gasteiger partial charge on any atom is -0.508 e. The first-order chi connectivity index (χ1) is 7.27. The van der Waals surface area contributed by atoms with Gasteiger partial charge >= 0.3 is 0 Å². The predicted octanol–water partition coefficient (Wildman–Crippen LogP) is 2.53. The number of hydrogen-bond donors (Lipinski definition) is 1. The number of hydrogen-bond acceptors (Lipinski definition) is 3. The van der Waals surface area contributed by atoms with Crippen LogP contribution in [0, 0.1) is 0 Å². The fraction of sp³-hybridized carbons (Fsp3) is 0.100. The normalized spacial score (nSPS) is 9.87. The van der Waals surface area contributed by atoms with Gasteiger partial charge < -0.3 is 5.11 Å². The van der Waals surface area contributed by atoms with Crippen LogP contribution in [0.5, 0.6) is 5.75 Å². The molecular formula is C10H9N3O2. The Morgan fingerprint density at radius 3 is 2.93 bits per heavy atom. The van der Waals surface area contributed by atoms with E-state index in [0.29, 0.717) is 17.4 Å². The summed E-state index contributed by atoms with van der Waals surface area (Å²) in [5, 5.41) is 12.4. The Morgan fingerprint density at radius 1 is 1.47 bits per heavy atom. The number of aldehydes is 1. The fourth-order valence-electron chi connectivity index (χ4n) is 1.08. The van der Waals surface area contributed by atoms with Gasteiger partial charge in [-0.1, -0.05) is 23.3 Å². The summed E-state index contributed by atoms with van der Waals surface area (Å²) in [6.45, 7) is 0.232. The summed E-state index contributed by atoms with van der Waals surface area (Å²) in [6.07, 6.45) is 3.96. The molecule has 0 amide bonds. The van der Waals surface area contributed by atoms with Gasteiger partial charge in [-0.05, 0) is 23.2 Å². The molecule has 1 aromatic carbocycles. The van der Waals surface area contributed by atoms with Crippen LogP contribution in [0.4, 0.5) is 0 Å². The van der Waals surface area contributed by atoms with E-state index in [0.717, 1.165) is 0 Å². The van der Waals surface area contributed by atoms with Crippen LogP contribution < -0.4 is 0 Å². The molecule has 0 aromatic heterocycles. The maximum absolute atomic E-state index is 10.6. The third kappa shape index (κ3) is 3.17. The van der Waals surface area contributed by atoms with Crippen molar-refractivity contribution >= 4 is 12.4 Å². The molecule has 0 spiro atoms. The van der Waals surface area contributed by atoms with Crippen LogP contribution in [-0.4, -0.2) is 17.9 Å². The standard InChI is InChI=1S/C10H9N3O2/c11-13-12-5-1-2-8-3-4-10(15)6-9(8)7-14/h1-4,6-7,15H,5H2. The molecular weight excluding hydrogens is 194 g/mol. The highest BCUT2D eigenvalue weighted by atomic mass is 16.3. The average Bonchev–Trinajstić information content (AvgIpc) is 2.26. The summed E-state index contributed by atoms with van der Waals surface area (Å²) in [4.78, 5) is 13.2. The molecule has 0 fully saturated rings. The number of phenols is 1. The van der Waals surface area contributed by atoms with Crippen molar-refractivity contribution in [2.24, 2.45) is 5.11 Å². The summed E-state index contributed by atoms with van der Waals surface area (Å²) in [5.74, 6) is 0.0456. The van der Waals surface area contributed by atoms with E-state index in [9.17, 15) is 4.79 Å². The van der Waals surface area contributed by atoms with E-state index in [1.807, 2.05) is 0 Å². The second-order valence-electron chi connectivity index (χ2n) is 2.75. The van der Waals surface area contributed by atoms with Gasteiger partial charge in [0.1, 0.15) is 5.75 Å². The monoisotopic (exact) mass is 203 g/mol. The van der Waals surface area contributed by atoms with Gasteiger partial charge in [0.05, 0.1) is 0 Å². The third-order valence-electron chi connectivity index (χ3n) is 1.75. The lowest BCUT2D eigenvalue weighted by atomic mass is 10.1. The Morgan fingerprint density at radius 2 is 2.27 bits per heavy atom. The first-order valence-corrected chi connectivity index (χ1v) is 4.23. The molecule has 0 aliphatic rings. The molecule has 76 valence electrons. The van der Waals surface area contributed by atoms with Gasteiger partial charge in [0.25, 0.3) is 0 Å². The molecule has 0 aliphatic carbocycles. The minimum atomic E-state index is 0.0456. The van der Waals surface area contributed by atoms with Crippen molar-refractivity contribution < 1.29 is 9.90 Å². The van der Waals surface area contributed by atoms with Gasteiger partial charge in [0.2, 0.25) is 0 Å². The zero-order valence-electron chi connectivity index (χ0n) is 7.87. The number of nitrogens with zero attached hydrogens (tertiary/aromatic N) is 3. The molecule has 5 heteroatoms. The van der Waals surface area contributed by atoms with Gasteiger partial charge in [0.15, 0.2) is 6.29 Å². The largest absolute Gasteiger partial charge is 0.508 e. The van der Waals surface area contributed by atoms with Gasteiger partial charge in [0, 0.05) is 17.0 Å². The highest BCUT2D eigenvalue weighted by molar-refractivity contribution is 5.82. The maximum Gasteiger partial charge on any atom is 0.150 e. The lowest BCUT2D eigenvalue weighted by Gasteiger charge is -1.98. The van der Waals surface area contributed by atoms with Crippen LogP contribution in [0.1, 0.15) is 15.9 Å². The van der Waals surface area contributed by atoms with Crippen LogP contribution >= 0.6 is 0 Å².